The van der Waals surface area contributed by atoms with Gasteiger partial charge in [-0.25, -0.2) is 13.2 Å². The van der Waals surface area contributed by atoms with Crippen LogP contribution in [0.4, 0.5) is 5.69 Å². The van der Waals surface area contributed by atoms with Crippen LogP contribution in [0.2, 0.25) is 0 Å². The number of sulfonamides is 1. The second-order valence-electron chi connectivity index (χ2n) is 4.80. The molecule has 122 valence electrons. The van der Waals surface area contributed by atoms with E-state index in [1.165, 1.54) is 23.9 Å². The maximum absolute atomic E-state index is 12.4. The second-order valence-corrected chi connectivity index (χ2v) is 7.33. The van der Waals surface area contributed by atoms with Crippen LogP contribution in [0.25, 0.3) is 0 Å². The van der Waals surface area contributed by atoms with Crippen molar-refractivity contribution in [2.45, 2.75) is 16.7 Å². The first kappa shape index (κ1) is 17.2. The molecule has 2 rings (SSSR count). The number of carbonyl (C=O) groups is 1. The fourth-order valence-corrected chi connectivity index (χ4v) is 3.65. The predicted octanol–water partition coefficient (Wildman–Crippen LogP) is 2.92. The first-order valence-corrected chi connectivity index (χ1v) is 9.19. The standard InChI is InChI=1S/C15H15NO5S2/c1-9-7-12(15(18)19)14(17)13(8-9)23(20,21)16-10-3-5-11(22-2)6-4-10/h3-8,16-17H,1-2H3,(H,18,19). The van der Waals surface area contributed by atoms with Crippen LogP contribution in [0.15, 0.2) is 46.2 Å². The Bertz CT molecular complexity index is 845. The minimum absolute atomic E-state index is 0.320. The predicted molar refractivity (Wildman–Crippen MR) is 88.8 cm³/mol. The van der Waals surface area contributed by atoms with Crippen LogP contribution < -0.4 is 4.72 Å². The third-order valence-corrected chi connectivity index (χ3v) is 5.22. The molecule has 0 saturated carbocycles. The molecule has 0 unspecified atom stereocenters. The van der Waals surface area contributed by atoms with Crippen molar-refractivity contribution >= 4 is 33.4 Å². The monoisotopic (exact) mass is 353 g/mol. The third-order valence-electron chi connectivity index (χ3n) is 3.08. The summed E-state index contributed by atoms with van der Waals surface area (Å²) in [4.78, 5) is 11.6. The fraction of sp³-hybridized carbons (Fsp3) is 0.133. The topological polar surface area (TPSA) is 104 Å². The highest BCUT2D eigenvalue weighted by atomic mass is 32.2. The lowest BCUT2D eigenvalue weighted by Crippen LogP contribution is -2.14. The van der Waals surface area contributed by atoms with Gasteiger partial charge in [0.05, 0.1) is 0 Å². The molecular formula is C15H15NO5S2. The molecule has 0 atom stereocenters. The molecule has 2 aromatic carbocycles. The number of rotatable bonds is 5. The zero-order valence-electron chi connectivity index (χ0n) is 12.4. The molecule has 0 bridgehead atoms. The number of thioether (sulfide) groups is 1. The van der Waals surface area contributed by atoms with E-state index in [2.05, 4.69) is 4.72 Å². The van der Waals surface area contributed by atoms with E-state index in [0.29, 0.717) is 11.3 Å². The van der Waals surface area contributed by atoms with Gasteiger partial charge in [-0.15, -0.1) is 11.8 Å². The molecule has 0 spiro atoms. The first-order valence-electron chi connectivity index (χ1n) is 6.48. The van der Waals surface area contributed by atoms with E-state index in [1.54, 1.807) is 31.2 Å². The SMILES string of the molecule is CSc1ccc(NS(=O)(=O)c2cc(C)cc(C(=O)O)c2O)cc1. The summed E-state index contributed by atoms with van der Waals surface area (Å²) >= 11 is 1.52. The van der Waals surface area contributed by atoms with Crippen LogP contribution in [0.3, 0.4) is 0 Å². The number of hydrogen-bond acceptors (Lipinski definition) is 5. The number of hydrogen-bond donors (Lipinski definition) is 3. The van der Waals surface area contributed by atoms with Gasteiger partial charge >= 0.3 is 5.97 Å². The summed E-state index contributed by atoms with van der Waals surface area (Å²) in [6.07, 6.45) is 1.90. The summed E-state index contributed by atoms with van der Waals surface area (Å²) in [6, 6.07) is 9.12. The maximum atomic E-state index is 12.4. The maximum Gasteiger partial charge on any atom is 0.339 e. The van der Waals surface area contributed by atoms with Crippen LogP contribution in [-0.2, 0) is 10.0 Å². The Morgan fingerprint density at radius 3 is 2.30 bits per heavy atom. The van der Waals surface area contributed by atoms with E-state index in [4.69, 9.17) is 5.11 Å². The molecule has 6 nitrogen and oxygen atoms in total. The Labute approximate surface area is 138 Å². The Morgan fingerprint density at radius 2 is 1.78 bits per heavy atom. The van der Waals surface area contributed by atoms with E-state index in [-0.39, 0.29) is 0 Å². The number of phenols is 1. The molecule has 0 fully saturated rings. The van der Waals surface area contributed by atoms with Gasteiger partial charge in [-0.1, -0.05) is 0 Å². The van der Waals surface area contributed by atoms with Crippen LogP contribution in [0.5, 0.6) is 5.75 Å². The van der Waals surface area contributed by atoms with E-state index >= 15 is 0 Å². The number of carboxylic acid groups (broad SMARTS) is 1. The highest BCUT2D eigenvalue weighted by molar-refractivity contribution is 7.98. The van der Waals surface area contributed by atoms with Crippen molar-refractivity contribution in [1.82, 2.24) is 0 Å². The van der Waals surface area contributed by atoms with Gasteiger partial charge in [-0.2, -0.15) is 0 Å². The van der Waals surface area contributed by atoms with E-state index in [9.17, 15) is 18.3 Å². The van der Waals surface area contributed by atoms with Crippen molar-refractivity contribution in [2.24, 2.45) is 0 Å². The fourth-order valence-electron chi connectivity index (χ4n) is 1.98. The summed E-state index contributed by atoms with van der Waals surface area (Å²) in [5, 5.41) is 19.0. The van der Waals surface area contributed by atoms with E-state index < -0.39 is 32.2 Å². The highest BCUT2D eigenvalue weighted by Crippen LogP contribution is 2.30. The van der Waals surface area contributed by atoms with Crippen molar-refractivity contribution in [3.05, 3.63) is 47.5 Å². The molecular weight excluding hydrogens is 338 g/mol. The van der Waals surface area contributed by atoms with Crippen molar-refractivity contribution in [3.8, 4) is 5.75 Å². The number of carboxylic acids is 1. The minimum atomic E-state index is -4.11. The number of anilines is 1. The molecule has 2 aromatic rings. The average molecular weight is 353 g/mol. The molecule has 0 aromatic heterocycles. The van der Waals surface area contributed by atoms with E-state index in [0.717, 1.165) is 4.90 Å². The van der Waals surface area contributed by atoms with Crippen LogP contribution in [0.1, 0.15) is 15.9 Å². The lowest BCUT2D eigenvalue weighted by Gasteiger charge is -2.12. The number of benzene rings is 2. The number of aryl methyl sites for hydroxylation is 1. The van der Waals surface area contributed by atoms with Gasteiger partial charge in [0, 0.05) is 10.6 Å². The molecule has 0 radical (unpaired) electrons. The molecule has 0 aliphatic carbocycles. The molecule has 8 heteroatoms. The minimum Gasteiger partial charge on any atom is -0.506 e. The van der Waals surface area contributed by atoms with Crippen molar-refractivity contribution in [1.29, 1.82) is 0 Å². The van der Waals surface area contributed by atoms with Crippen LogP contribution in [-0.4, -0.2) is 30.9 Å². The van der Waals surface area contributed by atoms with Crippen LogP contribution >= 0.6 is 11.8 Å². The highest BCUT2D eigenvalue weighted by Gasteiger charge is 2.24. The van der Waals surface area contributed by atoms with Crippen molar-refractivity contribution in [3.63, 3.8) is 0 Å². The molecule has 23 heavy (non-hydrogen) atoms. The number of nitrogens with one attached hydrogen (secondary N) is 1. The number of aromatic hydroxyl groups is 1. The summed E-state index contributed by atoms with van der Waals surface area (Å²) in [6.45, 7) is 1.55. The summed E-state index contributed by atoms with van der Waals surface area (Å²) in [5.74, 6) is -2.18. The quantitative estimate of drug-likeness (QED) is 0.714. The van der Waals surface area contributed by atoms with Crippen molar-refractivity contribution < 1.29 is 23.4 Å². The lowest BCUT2D eigenvalue weighted by molar-refractivity contribution is 0.0693. The number of aromatic carboxylic acids is 1. The zero-order valence-corrected chi connectivity index (χ0v) is 14.0. The first-order chi connectivity index (χ1) is 10.7. The Hall–Kier alpha value is -2.19. The van der Waals surface area contributed by atoms with Crippen molar-refractivity contribution in [2.75, 3.05) is 11.0 Å². The molecule has 0 amide bonds. The van der Waals surface area contributed by atoms with Gasteiger partial charge in [-0.3, -0.25) is 4.72 Å². The third kappa shape index (κ3) is 3.77. The van der Waals surface area contributed by atoms with Gasteiger partial charge in [0.2, 0.25) is 0 Å². The molecule has 0 aliphatic rings. The van der Waals surface area contributed by atoms with Gasteiger partial charge in [0.1, 0.15) is 10.5 Å². The smallest absolute Gasteiger partial charge is 0.339 e. The summed E-state index contributed by atoms with van der Waals surface area (Å²) in [5.41, 5.74) is 0.280. The van der Waals surface area contributed by atoms with Gasteiger partial charge in [0.15, 0.2) is 5.75 Å². The molecule has 0 aliphatic heterocycles. The van der Waals surface area contributed by atoms with Gasteiger partial charge < -0.3 is 10.2 Å². The summed E-state index contributed by atoms with van der Waals surface area (Å²) < 4.78 is 27.2. The van der Waals surface area contributed by atoms with Crippen LogP contribution in [0, 0.1) is 6.92 Å². The zero-order chi connectivity index (χ0) is 17.2. The molecule has 0 heterocycles. The Morgan fingerprint density at radius 1 is 1.17 bits per heavy atom. The van der Waals surface area contributed by atoms with Gasteiger partial charge in [0.25, 0.3) is 10.0 Å². The second kappa shape index (κ2) is 6.51. The normalized spacial score (nSPS) is 11.2. The average Bonchev–Trinajstić information content (AvgIpc) is 2.49. The Kier molecular flexibility index (Phi) is 4.86. The summed E-state index contributed by atoms with van der Waals surface area (Å²) in [7, 11) is -4.11. The largest absolute Gasteiger partial charge is 0.506 e. The lowest BCUT2D eigenvalue weighted by atomic mass is 10.1. The van der Waals surface area contributed by atoms with E-state index in [1.807, 2.05) is 6.26 Å². The van der Waals surface area contributed by atoms with Gasteiger partial charge in [-0.05, 0) is 55.1 Å². The molecule has 0 saturated heterocycles. The Balaban J connectivity index is 2.45. The molecule has 3 N–H and O–H groups in total.